The van der Waals surface area contributed by atoms with Crippen molar-refractivity contribution in [2.24, 2.45) is 5.92 Å². The summed E-state index contributed by atoms with van der Waals surface area (Å²) in [4.78, 5) is 29.3. The normalized spacial score (nSPS) is 17.9. The van der Waals surface area contributed by atoms with Crippen LogP contribution < -0.4 is 15.5 Å². The molecule has 120 valence electrons. The number of pyridine rings is 1. The van der Waals surface area contributed by atoms with Gasteiger partial charge in [0.2, 0.25) is 5.91 Å². The molecule has 2 heterocycles. The third kappa shape index (κ3) is 4.44. The number of nitrogens with zero attached hydrogens (tertiary/aromatic N) is 2. The van der Waals surface area contributed by atoms with Crippen LogP contribution in [0.3, 0.4) is 0 Å². The van der Waals surface area contributed by atoms with Crippen LogP contribution in [0.15, 0.2) is 18.3 Å². The van der Waals surface area contributed by atoms with E-state index in [1.54, 1.807) is 13.1 Å². The third-order valence-corrected chi connectivity index (χ3v) is 3.84. The minimum absolute atomic E-state index is 0.0135. The van der Waals surface area contributed by atoms with Crippen molar-refractivity contribution in [3.63, 3.8) is 0 Å². The lowest BCUT2D eigenvalue weighted by molar-refractivity contribution is -0.119. The Balaban J connectivity index is 2.02. The summed E-state index contributed by atoms with van der Waals surface area (Å²) in [5.74, 6) is 0.314. The molecule has 2 rings (SSSR count). The Morgan fingerprint density at radius 1 is 1.41 bits per heavy atom. The van der Waals surface area contributed by atoms with Gasteiger partial charge in [-0.3, -0.25) is 14.6 Å². The number of anilines is 1. The summed E-state index contributed by atoms with van der Waals surface area (Å²) < 4.78 is 0. The molecular formula is C16H24N4O2. The lowest BCUT2D eigenvalue weighted by Crippen LogP contribution is -2.40. The van der Waals surface area contributed by atoms with E-state index < -0.39 is 0 Å². The van der Waals surface area contributed by atoms with Crippen molar-refractivity contribution in [3.05, 3.63) is 24.0 Å². The number of aromatic nitrogens is 1. The zero-order chi connectivity index (χ0) is 15.9. The fraction of sp³-hybridized carbons (Fsp3) is 0.562. The van der Waals surface area contributed by atoms with Gasteiger partial charge < -0.3 is 15.5 Å². The maximum atomic E-state index is 11.9. The van der Waals surface area contributed by atoms with Gasteiger partial charge in [0.05, 0.1) is 0 Å². The minimum atomic E-state index is -0.142. The van der Waals surface area contributed by atoms with Crippen LogP contribution in [0.25, 0.3) is 0 Å². The maximum Gasteiger partial charge on any atom is 0.269 e. The van der Waals surface area contributed by atoms with Crippen LogP contribution in [0.2, 0.25) is 0 Å². The maximum absolute atomic E-state index is 11.9. The van der Waals surface area contributed by atoms with Gasteiger partial charge in [-0.05, 0) is 37.8 Å². The fourth-order valence-electron chi connectivity index (χ4n) is 2.75. The first kappa shape index (κ1) is 16.3. The van der Waals surface area contributed by atoms with E-state index in [4.69, 9.17) is 0 Å². The Bertz CT molecular complexity index is 533. The van der Waals surface area contributed by atoms with Crippen LogP contribution in [0, 0.1) is 5.92 Å². The van der Waals surface area contributed by atoms with Gasteiger partial charge in [-0.25, -0.2) is 0 Å². The molecule has 1 saturated heterocycles. The van der Waals surface area contributed by atoms with Crippen LogP contribution >= 0.6 is 0 Å². The van der Waals surface area contributed by atoms with E-state index in [2.05, 4.69) is 20.5 Å². The average Bonchev–Trinajstić information content (AvgIpc) is 2.53. The second-order valence-electron chi connectivity index (χ2n) is 5.65. The molecule has 2 amide bonds. The largest absolute Gasteiger partial charge is 0.371 e. The molecule has 0 aromatic carbocycles. The second kappa shape index (κ2) is 7.77. The number of nitrogens with one attached hydrogen (secondary N) is 2. The molecule has 6 heteroatoms. The minimum Gasteiger partial charge on any atom is -0.371 e. The predicted molar refractivity (Wildman–Crippen MR) is 85.9 cm³/mol. The van der Waals surface area contributed by atoms with E-state index in [9.17, 15) is 9.59 Å². The molecule has 1 aromatic rings. The van der Waals surface area contributed by atoms with E-state index in [-0.39, 0.29) is 11.8 Å². The molecule has 0 radical (unpaired) electrons. The van der Waals surface area contributed by atoms with E-state index in [1.165, 1.54) is 0 Å². The van der Waals surface area contributed by atoms with Gasteiger partial charge in [-0.15, -0.1) is 0 Å². The van der Waals surface area contributed by atoms with Crippen LogP contribution in [0.5, 0.6) is 0 Å². The number of carbonyl (C=O) groups is 2. The van der Waals surface area contributed by atoms with Crippen molar-refractivity contribution in [1.82, 2.24) is 15.6 Å². The quantitative estimate of drug-likeness (QED) is 0.857. The first-order valence-corrected chi connectivity index (χ1v) is 7.83. The molecule has 1 unspecified atom stereocenters. The Morgan fingerprint density at radius 3 is 2.95 bits per heavy atom. The summed E-state index contributed by atoms with van der Waals surface area (Å²) in [6.07, 6.45) is 3.88. The molecule has 0 bridgehead atoms. The van der Waals surface area contributed by atoms with Gasteiger partial charge in [-0.2, -0.15) is 0 Å². The number of hydrogen-bond acceptors (Lipinski definition) is 4. The van der Waals surface area contributed by atoms with Crippen molar-refractivity contribution >= 4 is 17.5 Å². The number of hydrogen-bond donors (Lipinski definition) is 2. The monoisotopic (exact) mass is 304 g/mol. The highest BCUT2D eigenvalue weighted by Gasteiger charge is 2.21. The topological polar surface area (TPSA) is 74.3 Å². The molecule has 1 fully saturated rings. The highest BCUT2D eigenvalue weighted by molar-refractivity contribution is 5.93. The molecule has 1 aliphatic heterocycles. The Labute approximate surface area is 131 Å². The van der Waals surface area contributed by atoms with Gasteiger partial charge in [0, 0.05) is 45.0 Å². The van der Waals surface area contributed by atoms with Gasteiger partial charge >= 0.3 is 0 Å². The second-order valence-corrected chi connectivity index (χ2v) is 5.65. The van der Waals surface area contributed by atoms with Crippen molar-refractivity contribution in [2.75, 3.05) is 31.1 Å². The van der Waals surface area contributed by atoms with Crippen LogP contribution in [0.4, 0.5) is 5.69 Å². The van der Waals surface area contributed by atoms with Crippen molar-refractivity contribution < 1.29 is 9.59 Å². The van der Waals surface area contributed by atoms with Crippen LogP contribution in [-0.2, 0) is 4.79 Å². The summed E-state index contributed by atoms with van der Waals surface area (Å²) in [6, 6.07) is 3.77. The predicted octanol–water partition coefficient (Wildman–Crippen LogP) is 1.18. The molecule has 1 aromatic heterocycles. The first-order valence-electron chi connectivity index (χ1n) is 7.83. The van der Waals surface area contributed by atoms with Crippen LogP contribution in [0.1, 0.15) is 37.2 Å². The summed E-state index contributed by atoms with van der Waals surface area (Å²) in [6.45, 7) is 6.59. The molecule has 0 aliphatic carbocycles. The Hall–Kier alpha value is -2.11. The molecule has 6 nitrogen and oxygen atoms in total. The lowest BCUT2D eigenvalue weighted by atomic mass is 9.97. The lowest BCUT2D eigenvalue weighted by Gasteiger charge is -2.34. The van der Waals surface area contributed by atoms with Crippen LogP contribution in [-0.4, -0.2) is 43.0 Å². The Kier molecular flexibility index (Phi) is 5.75. The van der Waals surface area contributed by atoms with E-state index in [1.807, 2.05) is 19.1 Å². The summed E-state index contributed by atoms with van der Waals surface area (Å²) >= 11 is 0. The third-order valence-electron chi connectivity index (χ3n) is 3.84. The molecule has 2 N–H and O–H groups in total. The first-order chi connectivity index (χ1) is 10.6. The van der Waals surface area contributed by atoms with E-state index in [0.717, 1.165) is 31.6 Å². The molecule has 1 aliphatic rings. The van der Waals surface area contributed by atoms with Gasteiger partial charge in [0.1, 0.15) is 5.69 Å². The number of piperidine rings is 1. The molecule has 1 atom stereocenters. The van der Waals surface area contributed by atoms with E-state index >= 15 is 0 Å². The highest BCUT2D eigenvalue weighted by atomic mass is 16.2. The summed E-state index contributed by atoms with van der Waals surface area (Å²) in [5, 5.41) is 5.66. The van der Waals surface area contributed by atoms with Gasteiger partial charge in [-0.1, -0.05) is 0 Å². The fourth-order valence-corrected chi connectivity index (χ4v) is 2.75. The average molecular weight is 304 g/mol. The van der Waals surface area contributed by atoms with Crippen molar-refractivity contribution in [1.29, 1.82) is 0 Å². The number of amides is 2. The SMILES string of the molecule is CCNC(=O)c1cc(N2CCCC(CNC(C)=O)C2)ccn1. The molecule has 0 saturated carbocycles. The zero-order valence-corrected chi connectivity index (χ0v) is 13.3. The molecular weight excluding hydrogens is 280 g/mol. The van der Waals surface area contributed by atoms with Gasteiger partial charge in [0.15, 0.2) is 0 Å². The smallest absolute Gasteiger partial charge is 0.269 e. The van der Waals surface area contributed by atoms with Crippen molar-refractivity contribution in [3.8, 4) is 0 Å². The summed E-state index contributed by atoms with van der Waals surface area (Å²) in [5.41, 5.74) is 1.46. The zero-order valence-electron chi connectivity index (χ0n) is 13.3. The molecule has 22 heavy (non-hydrogen) atoms. The molecule has 0 spiro atoms. The number of rotatable bonds is 5. The summed E-state index contributed by atoms with van der Waals surface area (Å²) in [7, 11) is 0. The highest BCUT2D eigenvalue weighted by Crippen LogP contribution is 2.23. The Morgan fingerprint density at radius 2 is 2.23 bits per heavy atom. The number of carbonyl (C=O) groups excluding carboxylic acids is 2. The van der Waals surface area contributed by atoms with E-state index in [0.29, 0.717) is 24.7 Å². The van der Waals surface area contributed by atoms with Crippen molar-refractivity contribution in [2.45, 2.75) is 26.7 Å². The van der Waals surface area contributed by atoms with Gasteiger partial charge in [0.25, 0.3) is 5.91 Å². The standard InChI is InChI=1S/C16H24N4O2/c1-3-17-16(22)15-9-14(6-7-18-15)20-8-4-5-13(11-20)10-19-12(2)21/h6-7,9,13H,3-5,8,10-11H2,1-2H3,(H,17,22)(H,19,21).